The summed E-state index contributed by atoms with van der Waals surface area (Å²) >= 11 is 0. The first-order chi connectivity index (χ1) is 9.03. The maximum absolute atomic E-state index is 3.67. The Hall–Kier alpha value is -1.24. The lowest BCUT2D eigenvalue weighted by molar-refractivity contribution is 0.183. The van der Waals surface area contributed by atoms with Crippen molar-refractivity contribution in [1.82, 2.24) is 4.98 Å². The van der Waals surface area contributed by atoms with Gasteiger partial charge in [0.15, 0.2) is 0 Å². The average Bonchev–Trinajstić information content (AvgIpc) is 2.78. The minimum atomic E-state index is 0.463. The Bertz CT molecular complexity index is 603. The van der Waals surface area contributed by atoms with Crippen LogP contribution in [0.3, 0.4) is 0 Å². The lowest BCUT2D eigenvalue weighted by Gasteiger charge is -2.36. The summed E-state index contributed by atoms with van der Waals surface area (Å²) in [5, 5.41) is 1.46. The Balaban J connectivity index is 2.05. The minimum absolute atomic E-state index is 0.463. The summed E-state index contributed by atoms with van der Waals surface area (Å²) in [4.78, 5) is 3.67. The number of para-hydroxylation sites is 1. The number of H-pyrrole nitrogens is 1. The summed E-state index contributed by atoms with van der Waals surface area (Å²) in [7, 11) is 0. The van der Waals surface area contributed by atoms with E-state index in [-0.39, 0.29) is 0 Å². The molecule has 0 saturated carbocycles. The summed E-state index contributed by atoms with van der Waals surface area (Å²) in [6.07, 6.45) is 5.07. The van der Waals surface area contributed by atoms with E-state index in [0.717, 1.165) is 5.92 Å². The summed E-state index contributed by atoms with van der Waals surface area (Å²) in [5.41, 5.74) is 6.29. The largest absolute Gasteiger partial charge is 0.358 e. The summed E-state index contributed by atoms with van der Waals surface area (Å²) in [6.45, 7) is 9.40. The summed E-state index contributed by atoms with van der Waals surface area (Å²) < 4.78 is 0. The monoisotopic (exact) mass is 255 g/mol. The number of hydrogen-bond donors (Lipinski definition) is 1. The van der Waals surface area contributed by atoms with Gasteiger partial charge in [-0.3, -0.25) is 0 Å². The zero-order valence-electron chi connectivity index (χ0n) is 12.6. The summed E-state index contributed by atoms with van der Waals surface area (Å²) in [5.74, 6) is 0.824. The lowest BCUT2D eigenvalue weighted by Crippen LogP contribution is -2.28. The second kappa shape index (κ2) is 4.40. The molecule has 0 radical (unpaired) electrons. The van der Waals surface area contributed by atoms with E-state index in [1.54, 1.807) is 5.56 Å². The highest BCUT2D eigenvalue weighted by molar-refractivity contribution is 5.87. The Kier molecular flexibility index (Phi) is 2.96. The third kappa shape index (κ3) is 2.00. The molecule has 0 amide bonds. The zero-order chi connectivity index (χ0) is 13.6. The smallest absolute Gasteiger partial charge is 0.0488 e. The van der Waals surface area contributed by atoms with E-state index in [0.29, 0.717) is 5.41 Å². The number of benzene rings is 1. The van der Waals surface area contributed by atoms with Crippen LogP contribution in [0.5, 0.6) is 0 Å². The fourth-order valence-electron chi connectivity index (χ4n) is 3.54. The fraction of sp³-hybridized carbons (Fsp3) is 0.556. The van der Waals surface area contributed by atoms with Gasteiger partial charge in [0, 0.05) is 16.6 Å². The number of rotatable bonds is 2. The zero-order valence-corrected chi connectivity index (χ0v) is 12.6. The van der Waals surface area contributed by atoms with Gasteiger partial charge in [0.1, 0.15) is 0 Å². The molecule has 1 N–H and O–H groups in total. The van der Waals surface area contributed by atoms with E-state index in [4.69, 9.17) is 0 Å². The normalized spacial score (nSPS) is 19.7. The molecule has 1 heterocycles. The van der Waals surface area contributed by atoms with Gasteiger partial charge < -0.3 is 4.98 Å². The third-order valence-corrected chi connectivity index (χ3v) is 5.45. The van der Waals surface area contributed by atoms with Crippen LogP contribution < -0.4 is 0 Å². The highest BCUT2D eigenvalue weighted by atomic mass is 14.7. The first-order valence-electron chi connectivity index (χ1n) is 7.62. The molecule has 1 aromatic carbocycles. The van der Waals surface area contributed by atoms with Crippen LogP contribution in [0.2, 0.25) is 0 Å². The molecule has 0 spiro atoms. The number of hydrogen-bond acceptors (Lipinski definition) is 0. The number of fused-ring (bicyclic) bond motifs is 3. The Morgan fingerprint density at radius 2 is 2.11 bits per heavy atom. The summed E-state index contributed by atoms with van der Waals surface area (Å²) in [6, 6.07) is 6.69. The van der Waals surface area contributed by atoms with Gasteiger partial charge in [-0.1, -0.05) is 45.4 Å². The van der Waals surface area contributed by atoms with Crippen molar-refractivity contribution in [3.63, 3.8) is 0 Å². The predicted octanol–water partition coefficient (Wildman–Crippen LogP) is 5.02. The van der Waals surface area contributed by atoms with E-state index in [9.17, 15) is 0 Å². The maximum atomic E-state index is 3.67. The van der Waals surface area contributed by atoms with E-state index in [2.05, 4.69) is 50.9 Å². The number of nitrogens with one attached hydrogen (secondary N) is 1. The van der Waals surface area contributed by atoms with Crippen molar-refractivity contribution in [3.8, 4) is 0 Å². The molecule has 1 aliphatic carbocycles. The first-order valence-corrected chi connectivity index (χ1v) is 7.62. The van der Waals surface area contributed by atoms with Crippen molar-refractivity contribution in [2.75, 3.05) is 0 Å². The van der Waals surface area contributed by atoms with Crippen LogP contribution >= 0.6 is 0 Å². The Morgan fingerprint density at radius 3 is 2.84 bits per heavy atom. The SMILES string of the molecule is CCC(C)(C)C1CCc2[nH]c3c(C)cccc3c2C1. The van der Waals surface area contributed by atoms with Crippen molar-refractivity contribution in [3.05, 3.63) is 35.0 Å². The topological polar surface area (TPSA) is 15.8 Å². The molecule has 102 valence electrons. The molecule has 0 fully saturated rings. The van der Waals surface area contributed by atoms with Crippen LogP contribution in [0.25, 0.3) is 10.9 Å². The van der Waals surface area contributed by atoms with E-state index in [1.165, 1.54) is 47.8 Å². The Morgan fingerprint density at radius 1 is 1.32 bits per heavy atom. The molecule has 1 atom stereocenters. The first kappa shape index (κ1) is 12.8. The van der Waals surface area contributed by atoms with Crippen LogP contribution in [-0.4, -0.2) is 4.98 Å². The minimum Gasteiger partial charge on any atom is -0.358 e. The number of aromatic amines is 1. The van der Waals surface area contributed by atoms with Crippen LogP contribution in [0.1, 0.15) is 50.4 Å². The second-order valence-corrected chi connectivity index (χ2v) is 6.86. The second-order valence-electron chi connectivity index (χ2n) is 6.86. The third-order valence-electron chi connectivity index (χ3n) is 5.45. The number of aromatic nitrogens is 1. The van der Waals surface area contributed by atoms with Crippen LogP contribution in [0.4, 0.5) is 0 Å². The lowest BCUT2D eigenvalue weighted by atomic mass is 9.69. The van der Waals surface area contributed by atoms with E-state index in [1.807, 2.05) is 0 Å². The van der Waals surface area contributed by atoms with Gasteiger partial charge in [-0.25, -0.2) is 0 Å². The highest BCUT2D eigenvalue weighted by Gasteiger charge is 2.32. The molecule has 3 rings (SSSR count). The van der Waals surface area contributed by atoms with Crippen molar-refractivity contribution >= 4 is 10.9 Å². The van der Waals surface area contributed by atoms with Gasteiger partial charge >= 0.3 is 0 Å². The molecule has 1 unspecified atom stereocenters. The van der Waals surface area contributed by atoms with Crippen molar-refractivity contribution in [2.24, 2.45) is 11.3 Å². The predicted molar refractivity (Wildman–Crippen MR) is 82.6 cm³/mol. The van der Waals surface area contributed by atoms with Gasteiger partial charge in [-0.05, 0) is 48.6 Å². The van der Waals surface area contributed by atoms with E-state index >= 15 is 0 Å². The van der Waals surface area contributed by atoms with Gasteiger partial charge in [0.05, 0.1) is 0 Å². The molecule has 0 saturated heterocycles. The maximum Gasteiger partial charge on any atom is 0.0488 e. The molecule has 0 aliphatic heterocycles. The molecule has 2 aromatic rings. The molecule has 1 aromatic heterocycles. The standard InChI is InChI=1S/C18H25N/c1-5-18(3,4)13-9-10-16-15(11-13)14-8-6-7-12(2)17(14)19-16/h6-8,13,19H,5,9-11H2,1-4H3. The molecule has 19 heavy (non-hydrogen) atoms. The number of aryl methyl sites for hydroxylation is 2. The molecular formula is C18H25N. The van der Waals surface area contributed by atoms with Gasteiger partial charge in [0.25, 0.3) is 0 Å². The molecular weight excluding hydrogens is 230 g/mol. The Labute approximate surface area is 116 Å². The molecule has 1 nitrogen and oxygen atoms in total. The molecule has 1 heteroatoms. The van der Waals surface area contributed by atoms with Crippen molar-refractivity contribution in [2.45, 2.75) is 53.4 Å². The quantitative estimate of drug-likeness (QED) is 0.775. The van der Waals surface area contributed by atoms with E-state index < -0.39 is 0 Å². The van der Waals surface area contributed by atoms with Crippen molar-refractivity contribution < 1.29 is 0 Å². The van der Waals surface area contributed by atoms with Crippen LogP contribution in [0, 0.1) is 18.3 Å². The average molecular weight is 255 g/mol. The van der Waals surface area contributed by atoms with Gasteiger partial charge in [0.2, 0.25) is 0 Å². The molecule has 1 aliphatic rings. The van der Waals surface area contributed by atoms with Gasteiger partial charge in [-0.15, -0.1) is 0 Å². The van der Waals surface area contributed by atoms with Crippen LogP contribution in [-0.2, 0) is 12.8 Å². The van der Waals surface area contributed by atoms with Gasteiger partial charge in [-0.2, -0.15) is 0 Å². The fourth-order valence-corrected chi connectivity index (χ4v) is 3.54. The molecule has 0 bridgehead atoms. The van der Waals surface area contributed by atoms with Crippen LogP contribution in [0.15, 0.2) is 18.2 Å². The highest BCUT2D eigenvalue weighted by Crippen LogP contribution is 2.41. The van der Waals surface area contributed by atoms with Crippen molar-refractivity contribution in [1.29, 1.82) is 0 Å².